The van der Waals surface area contributed by atoms with Crippen molar-refractivity contribution in [3.63, 3.8) is 0 Å². The third-order valence-electron chi connectivity index (χ3n) is 3.81. The molecule has 2 rings (SSSR count). The van der Waals surface area contributed by atoms with Crippen LogP contribution in [0.2, 0.25) is 5.02 Å². The van der Waals surface area contributed by atoms with E-state index in [4.69, 9.17) is 17.3 Å². The Bertz CT molecular complexity index is 588. The van der Waals surface area contributed by atoms with Crippen molar-refractivity contribution in [2.24, 2.45) is 5.73 Å². The fourth-order valence-electron chi connectivity index (χ4n) is 2.55. The van der Waals surface area contributed by atoms with Crippen LogP contribution in [0.5, 0.6) is 0 Å². The molecule has 2 N–H and O–H groups in total. The molecule has 0 atom stereocenters. The summed E-state index contributed by atoms with van der Waals surface area (Å²) in [5.41, 5.74) is 9.79. The molecule has 0 aliphatic rings. The number of hydrogen-bond donors (Lipinski definition) is 1. The summed E-state index contributed by atoms with van der Waals surface area (Å²) in [6, 6.07) is 5.84. The SMILES string of the molecule is CCC(CC)c1c(CN)nnn1-c1cccc(Cl)c1C. The number of hydrogen-bond acceptors (Lipinski definition) is 3. The van der Waals surface area contributed by atoms with Crippen molar-refractivity contribution in [3.05, 3.63) is 40.2 Å². The Morgan fingerprint density at radius 2 is 2.00 bits per heavy atom. The van der Waals surface area contributed by atoms with E-state index in [1.807, 2.05) is 29.8 Å². The van der Waals surface area contributed by atoms with Gasteiger partial charge in [-0.1, -0.05) is 36.7 Å². The fraction of sp³-hybridized carbons (Fsp3) is 0.467. The molecule has 0 saturated heterocycles. The highest BCUT2D eigenvalue weighted by Gasteiger charge is 2.21. The average Bonchev–Trinajstić information content (AvgIpc) is 2.87. The Morgan fingerprint density at radius 3 is 2.60 bits per heavy atom. The number of nitrogens with two attached hydrogens (primary N) is 1. The zero-order valence-electron chi connectivity index (χ0n) is 12.2. The fourth-order valence-corrected chi connectivity index (χ4v) is 2.72. The molecular formula is C15H21ClN4. The summed E-state index contributed by atoms with van der Waals surface area (Å²) in [5, 5.41) is 9.29. The first kappa shape index (κ1) is 15.0. The van der Waals surface area contributed by atoms with Crippen molar-refractivity contribution >= 4 is 11.6 Å². The minimum absolute atomic E-state index is 0.405. The van der Waals surface area contributed by atoms with Crippen molar-refractivity contribution in [3.8, 4) is 5.69 Å². The first-order valence-electron chi connectivity index (χ1n) is 7.04. The summed E-state index contributed by atoms with van der Waals surface area (Å²) >= 11 is 6.22. The van der Waals surface area contributed by atoms with Gasteiger partial charge in [0.2, 0.25) is 0 Å². The van der Waals surface area contributed by atoms with E-state index in [9.17, 15) is 0 Å². The summed E-state index contributed by atoms with van der Waals surface area (Å²) < 4.78 is 1.90. The van der Waals surface area contributed by atoms with E-state index in [1.54, 1.807) is 0 Å². The first-order chi connectivity index (χ1) is 9.63. The molecule has 0 aliphatic carbocycles. The van der Waals surface area contributed by atoms with Gasteiger partial charge in [0.05, 0.1) is 11.4 Å². The molecule has 108 valence electrons. The average molecular weight is 293 g/mol. The maximum Gasteiger partial charge on any atom is 0.100 e. The molecule has 1 heterocycles. The lowest BCUT2D eigenvalue weighted by Gasteiger charge is -2.17. The minimum Gasteiger partial charge on any atom is -0.325 e. The molecule has 0 aliphatic heterocycles. The van der Waals surface area contributed by atoms with Gasteiger partial charge in [-0.05, 0) is 37.5 Å². The van der Waals surface area contributed by atoms with Crippen molar-refractivity contribution in [1.82, 2.24) is 15.0 Å². The molecule has 0 saturated carbocycles. The zero-order valence-corrected chi connectivity index (χ0v) is 13.0. The second-order valence-electron chi connectivity index (χ2n) is 4.93. The number of halogens is 1. The van der Waals surface area contributed by atoms with Gasteiger partial charge in [-0.2, -0.15) is 0 Å². The first-order valence-corrected chi connectivity index (χ1v) is 7.41. The second kappa shape index (κ2) is 6.37. The highest BCUT2D eigenvalue weighted by molar-refractivity contribution is 6.31. The highest BCUT2D eigenvalue weighted by atomic mass is 35.5. The molecule has 0 spiro atoms. The monoisotopic (exact) mass is 292 g/mol. The maximum absolute atomic E-state index is 6.22. The van der Waals surface area contributed by atoms with E-state index in [0.717, 1.165) is 40.5 Å². The highest BCUT2D eigenvalue weighted by Crippen LogP contribution is 2.29. The Balaban J connectivity index is 2.62. The van der Waals surface area contributed by atoms with E-state index < -0.39 is 0 Å². The largest absolute Gasteiger partial charge is 0.325 e. The summed E-state index contributed by atoms with van der Waals surface area (Å²) in [5.74, 6) is 0.405. The topological polar surface area (TPSA) is 56.7 Å². The Kier molecular flexibility index (Phi) is 4.78. The van der Waals surface area contributed by atoms with Crippen LogP contribution in [0.3, 0.4) is 0 Å². The van der Waals surface area contributed by atoms with Crippen LogP contribution in [0.15, 0.2) is 18.2 Å². The molecule has 5 heteroatoms. The third kappa shape index (κ3) is 2.58. The lowest BCUT2D eigenvalue weighted by atomic mass is 9.97. The van der Waals surface area contributed by atoms with Crippen molar-refractivity contribution < 1.29 is 0 Å². The lowest BCUT2D eigenvalue weighted by Crippen LogP contribution is -2.11. The van der Waals surface area contributed by atoms with E-state index in [-0.39, 0.29) is 0 Å². The molecule has 0 unspecified atom stereocenters. The maximum atomic E-state index is 6.22. The van der Waals surface area contributed by atoms with Gasteiger partial charge in [-0.3, -0.25) is 0 Å². The molecule has 0 amide bonds. The lowest BCUT2D eigenvalue weighted by molar-refractivity contribution is 0.590. The molecule has 0 fully saturated rings. The quantitative estimate of drug-likeness (QED) is 0.916. The van der Waals surface area contributed by atoms with Crippen molar-refractivity contribution in [2.75, 3.05) is 0 Å². The van der Waals surface area contributed by atoms with Crippen LogP contribution >= 0.6 is 11.6 Å². The molecule has 2 aromatic rings. The Hall–Kier alpha value is -1.39. The Morgan fingerprint density at radius 1 is 1.30 bits per heavy atom. The van der Waals surface area contributed by atoms with Gasteiger partial charge in [-0.25, -0.2) is 4.68 Å². The molecule has 20 heavy (non-hydrogen) atoms. The van der Waals surface area contributed by atoms with Crippen molar-refractivity contribution in [1.29, 1.82) is 0 Å². The molecule has 1 aromatic heterocycles. The van der Waals surface area contributed by atoms with Gasteiger partial charge in [0.1, 0.15) is 5.69 Å². The van der Waals surface area contributed by atoms with E-state index in [2.05, 4.69) is 24.2 Å². The minimum atomic E-state index is 0.405. The summed E-state index contributed by atoms with van der Waals surface area (Å²) in [4.78, 5) is 0. The van der Waals surface area contributed by atoms with Crippen LogP contribution in [0, 0.1) is 6.92 Å². The standard InChI is InChI=1S/C15H21ClN4/c1-4-11(5-2)15-13(9-17)18-19-20(15)14-8-6-7-12(16)10(14)3/h6-8,11H,4-5,9,17H2,1-3H3. The molecule has 0 bridgehead atoms. The summed E-state index contributed by atoms with van der Waals surface area (Å²) in [7, 11) is 0. The summed E-state index contributed by atoms with van der Waals surface area (Å²) in [6.45, 7) is 6.76. The molecule has 4 nitrogen and oxygen atoms in total. The van der Waals surface area contributed by atoms with E-state index in [1.165, 1.54) is 0 Å². The van der Waals surface area contributed by atoms with Crippen LogP contribution in [0.4, 0.5) is 0 Å². The number of rotatable bonds is 5. The van der Waals surface area contributed by atoms with Crippen LogP contribution in [-0.2, 0) is 6.54 Å². The van der Waals surface area contributed by atoms with Crippen LogP contribution in [0.1, 0.15) is 49.6 Å². The summed E-state index contributed by atoms with van der Waals surface area (Å²) in [6.07, 6.45) is 2.08. The van der Waals surface area contributed by atoms with E-state index >= 15 is 0 Å². The number of nitrogens with zero attached hydrogens (tertiary/aromatic N) is 3. The van der Waals surface area contributed by atoms with E-state index in [0.29, 0.717) is 12.5 Å². The van der Waals surface area contributed by atoms with Crippen LogP contribution in [0.25, 0.3) is 5.69 Å². The predicted molar refractivity (Wildman–Crippen MR) is 82.3 cm³/mol. The predicted octanol–water partition coefficient (Wildman–Crippen LogP) is 3.59. The van der Waals surface area contributed by atoms with Crippen molar-refractivity contribution in [2.45, 2.75) is 46.1 Å². The zero-order chi connectivity index (χ0) is 14.7. The van der Waals surface area contributed by atoms with Crippen LogP contribution < -0.4 is 5.73 Å². The van der Waals surface area contributed by atoms with Gasteiger partial charge in [-0.15, -0.1) is 5.10 Å². The normalized spacial score (nSPS) is 11.3. The molecular weight excluding hydrogens is 272 g/mol. The van der Waals surface area contributed by atoms with Gasteiger partial charge in [0.15, 0.2) is 0 Å². The van der Waals surface area contributed by atoms with Gasteiger partial charge >= 0.3 is 0 Å². The smallest absolute Gasteiger partial charge is 0.100 e. The Labute approximate surface area is 124 Å². The third-order valence-corrected chi connectivity index (χ3v) is 4.22. The molecule has 1 aromatic carbocycles. The second-order valence-corrected chi connectivity index (χ2v) is 5.34. The van der Waals surface area contributed by atoms with Crippen LogP contribution in [-0.4, -0.2) is 15.0 Å². The molecule has 0 radical (unpaired) electrons. The van der Waals surface area contributed by atoms with Gasteiger partial charge in [0.25, 0.3) is 0 Å². The number of aromatic nitrogens is 3. The van der Waals surface area contributed by atoms with Gasteiger partial charge < -0.3 is 5.73 Å². The number of benzene rings is 1. The van der Waals surface area contributed by atoms with Gasteiger partial charge in [0, 0.05) is 17.5 Å².